The molecule has 0 aromatic heterocycles. The van der Waals surface area contributed by atoms with Crippen molar-refractivity contribution in [2.45, 2.75) is 159 Å². The van der Waals surface area contributed by atoms with Gasteiger partial charge >= 0.3 is 0 Å². The molecule has 13 heteroatoms. The maximum Gasteiger partial charge on any atom is 0.220 e. The van der Waals surface area contributed by atoms with Crippen LogP contribution in [0.25, 0.3) is 0 Å². The number of ether oxygens (including phenoxy) is 3. The van der Waals surface area contributed by atoms with Crippen LogP contribution >= 0.6 is 0 Å². The van der Waals surface area contributed by atoms with Crippen LogP contribution < -0.4 is 10.1 Å². The standard InChI is InChI=1S/C45H61NO12/c1-4-5-6-7-8-9-10-11-12-13-14-15-16-17-18-22-34(49)46-30-23-35(57-27(2)40(30)50)58-32-25-45(55,33(48)26-47)24-29-37(32)44(54)39-38(42(29)52)41(51)28-20-19-21-31(56-3)36(28)43(39)53/h11-12,19-21,27,30,32,35,40,47,50,52,54-55H,4-10,13-18,22-26H2,1-3H3,(H,46,49)/t27-,30-,32?,35-,40+,45-/m0/s1. The van der Waals surface area contributed by atoms with E-state index in [1.54, 1.807) is 6.92 Å². The molecule has 5 rings (SSSR count). The molecule has 1 heterocycles. The highest BCUT2D eigenvalue weighted by molar-refractivity contribution is 6.31. The van der Waals surface area contributed by atoms with Gasteiger partial charge in [0, 0.05) is 42.4 Å². The van der Waals surface area contributed by atoms with Crippen molar-refractivity contribution in [2.24, 2.45) is 0 Å². The number of rotatable bonds is 21. The number of ketones is 3. The van der Waals surface area contributed by atoms with Gasteiger partial charge in [-0.3, -0.25) is 19.2 Å². The Morgan fingerprint density at radius 2 is 1.55 bits per heavy atom. The number of Topliss-reactive ketones (excluding diaryl/α,β-unsaturated/α-hetero) is 1. The molecule has 0 spiro atoms. The van der Waals surface area contributed by atoms with Gasteiger partial charge in [-0.25, -0.2) is 0 Å². The molecule has 58 heavy (non-hydrogen) atoms. The number of amides is 1. The Kier molecular flexibility index (Phi) is 16.0. The van der Waals surface area contributed by atoms with Crippen molar-refractivity contribution in [2.75, 3.05) is 13.7 Å². The first-order valence-electron chi connectivity index (χ1n) is 21.0. The normalized spacial score (nSPS) is 24.0. The van der Waals surface area contributed by atoms with Crippen LogP contribution in [0.3, 0.4) is 0 Å². The Hall–Kier alpha value is -4.14. The molecule has 6 N–H and O–H groups in total. The average Bonchev–Trinajstić information content (AvgIpc) is 3.20. The zero-order chi connectivity index (χ0) is 42.0. The molecule has 1 fully saturated rings. The number of phenolic OH excluding ortho intramolecular Hbond substituents is 2. The minimum absolute atomic E-state index is 0.0541. The van der Waals surface area contributed by atoms with Crippen molar-refractivity contribution in [1.29, 1.82) is 0 Å². The lowest BCUT2D eigenvalue weighted by atomic mass is 9.72. The van der Waals surface area contributed by atoms with Crippen molar-refractivity contribution in [1.82, 2.24) is 5.32 Å². The topological polar surface area (TPSA) is 209 Å². The van der Waals surface area contributed by atoms with Crippen LogP contribution in [0, 0.1) is 0 Å². The number of fused-ring (bicyclic) bond motifs is 3. The summed E-state index contributed by atoms with van der Waals surface area (Å²) >= 11 is 0. The van der Waals surface area contributed by atoms with Gasteiger partial charge in [0.15, 0.2) is 17.9 Å². The number of aromatic hydroxyl groups is 2. The lowest BCUT2D eigenvalue weighted by Crippen LogP contribution is -2.55. The maximum atomic E-state index is 13.9. The molecule has 318 valence electrons. The van der Waals surface area contributed by atoms with Crippen LogP contribution in [-0.2, 0) is 25.5 Å². The Morgan fingerprint density at radius 3 is 2.21 bits per heavy atom. The molecular formula is C45H61NO12. The van der Waals surface area contributed by atoms with Crippen LogP contribution in [0.15, 0.2) is 30.4 Å². The Bertz CT molecular complexity index is 1820. The van der Waals surface area contributed by atoms with E-state index in [9.17, 15) is 44.7 Å². The van der Waals surface area contributed by atoms with E-state index in [-0.39, 0.29) is 46.8 Å². The largest absolute Gasteiger partial charge is 0.507 e. The fourth-order valence-electron chi connectivity index (χ4n) is 8.49. The zero-order valence-electron chi connectivity index (χ0n) is 34.1. The second-order valence-corrected chi connectivity index (χ2v) is 16.0. The van der Waals surface area contributed by atoms with Crippen molar-refractivity contribution in [3.63, 3.8) is 0 Å². The first-order valence-corrected chi connectivity index (χ1v) is 21.0. The van der Waals surface area contributed by atoms with Crippen LogP contribution in [0.1, 0.15) is 166 Å². The predicted octanol–water partition coefficient (Wildman–Crippen LogP) is 6.20. The molecule has 0 saturated carbocycles. The van der Waals surface area contributed by atoms with E-state index in [2.05, 4.69) is 24.4 Å². The number of allylic oxidation sites excluding steroid dienone is 2. The van der Waals surface area contributed by atoms with Crippen LogP contribution in [0.4, 0.5) is 0 Å². The Morgan fingerprint density at radius 1 is 0.914 bits per heavy atom. The monoisotopic (exact) mass is 807 g/mol. The maximum absolute atomic E-state index is 13.9. The summed E-state index contributed by atoms with van der Waals surface area (Å²) in [4.78, 5) is 53.7. The molecule has 13 nitrogen and oxygen atoms in total. The molecular weight excluding hydrogens is 746 g/mol. The number of aliphatic hydroxyl groups is 3. The van der Waals surface area contributed by atoms with Gasteiger partial charge in [0.05, 0.1) is 42.0 Å². The smallest absolute Gasteiger partial charge is 0.220 e. The van der Waals surface area contributed by atoms with Crippen molar-refractivity contribution in [3.05, 3.63) is 63.7 Å². The number of nitrogens with one attached hydrogen (secondary N) is 1. The fraction of sp³-hybridized carbons (Fsp3) is 0.600. The van der Waals surface area contributed by atoms with Gasteiger partial charge in [-0.2, -0.15) is 0 Å². The van der Waals surface area contributed by atoms with E-state index in [0.717, 1.165) is 38.5 Å². The summed E-state index contributed by atoms with van der Waals surface area (Å²) in [6.45, 7) is 2.78. The van der Waals surface area contributed by atoms with E-state index in [4.69, 9.17) is 14.2 Å². The molecule has 6 atom stereocenters. The number of phenols is 2. The molecule has 0 bridgehead atoms. The number of unbranched alkanes of at least 4 members (excludes halogenated alkanes) is 11. The lowest BCUT2D eigenvalue weighted by molar-refractivity contribution is -0.249. The van der Waals surface area contributed by atoms with Gasteiger partial charge in [0.25, 0.3) is 0 Å². The summed E-state index contributed by atoms with van der Waals surface area (Å²) in [6.07, 6.45) is 14.0. The second kappa shape index (κ2) is 20.7. The summed E-state index contributed by atoms with van der Waals surface area (Å²) < 4.78 is 17.6. The second-order valence-electron chi connectivity index (χ2n) is 16.0. The zero-order valence-corrected chi connectivity index (χ0v) is 34.1. The predicted molar refractivity (Wildman–Crippen MR) is 215 cm³/mol. The number of hydrogen-bond donors (Lipinski definition) is 6. The van der Waals surface area contributed by atoms with Crippen LogP contribution in [-0.4, -0.2) is 92.6 Å². The van der Waals surface area contributed by atoms with Gasteiger partial charge in [0.1, 0.15) is 35.6 Å². The third-order valence-electron chi connectivity index (χ3n) is 11.8. The van der Waals surface area contributed by atoms with Crippen molar-refractivity contribution < 1.29 is 58.9 Å². The molecule has 2 aromatic rings. The first kappa shape index (κ1) is 45.0. The summed E-state index contributed by atoms with van der Waals surface area (Å²) in [5.74, 6) is -4.12. The fourth-order valence-corrected chi connectivity index (χ4v) is 8.49. The van der Waals surface area contributed by atoms with E-state index >= 15 is 0 Å². The SMILES string of the molecule is CCCCCCCCC=CCCCCCCCC(=O)N[C@H]1C[C@H](OC2C[C@](O)(C(=O)CO)Cc3c(O)c4c(c(O)c32)C(=O)c2c(OC)cccc2C4=O)O[C@@H](C)[C@H]1O. The molecule has 1 aliphatic heterocycles. The van der Waals surface area contributed by atoms with Crippen molar-refractivity contribution >= 4 is 23.3 Å². The molecule has 2 aromatic carbocycles. The summed E-state index contributed by atoms with van der Waals surface area (Å²) in [5.41, 5.74) is -3.80. The van der Waals surface area contributed by atoms with Crippen LogP contribution in [0.2, 0.25) is 0 Å². The summed E-state index contributed by atoms with van der Waals surface area (Å²) in [7, 11) is 1.33. The van der Waals surface area contributed by atoms with Gasteiger partial charge in [-0.15, -0.1) is 0 Å². The number of benzene rings is 2. The number of carbonyl (C=O) groups excluding carboxylic acids is 4. The van der Waals surface area contributed by atoms with E-state index in [0.29, 0.717) is 6.42 Å². The highest BCUT2D eigenvalue weighted by Crippen LogP contribution is 2.52. The van der Waals surface area contributed by atoms with E-state index < -0.39 is 95.7 Å². The number of aliphatic hydroxyl groups excluding tert-OH is 2. The van der Waals surface area contributed by atoms with E-state index in [1.165, 1.54) is 63.8 Å². The van der Waals surface area contributed by atoms with Gasteiger partial charge < -0.3 is 45.1 Å². The molecule has 1 saturated heterocycles. The summed E-state index contributed by atoms with van der Waals surface area (Å²) in [5, 5.41) is 58.6. The first-order chi connectivity index (χ1) is 27.9. The van der Waals surface area contributed by atoms with Gasteiger partial charge in [-0.1, -0.05) is 82.6 Å². The third-order valence-corrected chi connectivity index (χ3v) is 11.8. The quantitative estimate of drug-likeness (QED) is 0.0404. The van der Waals surface area contributed by atoms with Gasteiger partial charge in [-0.05, 0) is 45.1 Å². The molecule has 1 amide bonds. The molecule has 3 aliphatic rings. The van der Waals surface area contributed by atoms with Gasteiger partial charge in [0.2, 0.25) is 11.7 Å². The molecule has 2 aliphatic carbocycles. The van der Waals surface area contributed by atoms with E-state index in [1.807, 2.05) is 0 Å². The van der Waals surface area contributed by atoms with Crippen molar-refractivity contribution in [3.8, 4) is 17.2 Å². The third kappa shape index (κ3) is 10.2. The molecule has 1 unspecified atom stereocenters. The highest BCUT2D eigenvalue weighted by Gasteiger charge is 2.50. The number of hydrogen-bond acceptors (Lipinski definition) is 12. The average molecular weight is 808 g/mol. The lowest BCUT2D eigenvalue weighted by Gasteiger charge is -2.43. The molecule has 0 radical (unpaired) electrons. The minimum atomic E-state index is -2.30. The van der Waals surface area contributed by atoms with Crippen LogP contribution in [0.5, 0.6) is 17.2 Å². The Balaban J connectivity index is 1.22. The number of methoxy groups -OCH3 is 1. The Labute approximate surface area is 340 Å². The minimum Gasteiger partial charge on any atom is -0.507 e. The summed E-state index contributed by atoms with van der Waals surface area (Å²) in [6, 6.07) is 3.58. The highest BCUT2D eigenvalue weighted by atomic mass is 16.7. The number of carbonyl (C=O) groups is 4.